The summed E-state index contributed by atoms with van der Waals surface area (Å²) >= 11 is 12.9. The molecule has 0 unspecified atom stereocenters. The summed E-state index contributed by atoms with van der Waals surface area (Å²) in [6, 6.07) is 1.42. The lowest BCUT2D eigenvalue weighted by molar-refractivity contribution is -0.297. The van der Waals surface area contributed by atoms with Gasteiger partial charge in [0, 0.05) is 25.2 Å². The first-order valence-electron chi connectivity index (χ1n) is 11.1. The van der Waals surface area contributed by atoms with Gasteiger partial charge >= 0.3 is 12.4 Å². The van der Waals surface area contributed by atoms with Crippen molar-refractivity contribution in [1.29, 1.82) is 0 Å². The number of halogens is 8. The summed E-state index contributed by atoms with van der Waals surface area (Å²) in [6.07, 6.45) is -11.5. The predicted octanol–water partition coefficient (Wildman–Crippen LogP) is 6.48. The summed E-state index contributed by atoms with van der Waals surface area (Å²) in [5.41, 5.74) is -7.40. The SMILES string of the molecule is CCN(CC)C(=O)c1nc(C(=O)NCC(C)(C)O)sc1-c1ccc(C(C)(C(F)(F)F)C(F)(F)F)c(Cl)c1Cl. The summed E-state index contributed by atoms with van der Waals surface area (Å²) in [7, 11) is 0. The molecule has 0 radical (unpaired) electrons. The van der Waals surface area contributed by atoms with Crippen LogP contribution in [-0.4, -0.2) is 64.4 Å². The smallest absolute Gasteiger partial charge is 0.389 e. The van der Waals surface area contributed by atoms with Gasteiger partial charge in [-0.1, -0.05) is 35.3 Å². The minimum Gasteiger partial charge on any atom is -0.389 e. The molecule has 38 heavy (non-hydrogen) atoms. The van der Waals surface area contributed by atoms with Crippen LogP contribution in [0.25, 0.3) is 10.4 Å². The maximum atomic E-state index is 13.7. The predicted molar refractivity (Wildman–Crippen MR) is 133 cm³/mol. The molecule has 1 aromatic heterocycles. The van der Waals surface area contributed by atoms with E-state index >= 15 is 0 Å². The zero-order valence-corrected chi connectivity index (χ0v) is 23.2. The average molecular weight is 608 g/mol. The third-order valence-corrected chi connectivity index (χ3v) is 7.73. The van der Waals surface area contributed by atoms with E-state index in [-0.39, 0.29) is 47.7 Å². The number of benzene rings is 1. The van der Waals surface area contributed by atoms with Crippen molar-refractivity contribution in [3.8, 4) is 10.4 Å². The van der Waals surface area contributed by atoms with Gasteiger partial charge in [0.15, 0.2) is 10.4 Å². The number of hydrogen-bond donors (Lipinski definition) is 2. The van der Waals surface area contributed by atoms with Gasteiger partial charge in [-0.15, -0.1) is 11.3 Å². The van der Waals surface area contributed by atoms with E-state index in [1.807, 2.05) is 0 Å². The molecule has 2 aromatic rings. The Morgan fingerprint density at radius 2 is 1.53 bits per heavy atom. The minimum absolute atomic E-state index is 0.0443. The van der Waals surface area contributed by atoms with Crippen LogP contribution >= 0.6 is 34.5 Å². The highest BCUT2D eigenvalue weighted by Gasteiger charge is 2.69. The van der Waals surface area contributed by atoms with E-state index < -0.39 is 50.8 Å². The largest absolute Gasteiger partial charge is 0.406 e. The Kier molecular flexibility index (Phi) is 9.45. The lowest BCUT2D eigenvalue weighted by Gasteiger charge is -2.35. The monoisotopic (exact) mass is 607 g/mol. The van der Waals surface area contributed by atoms with Crippen LogP contribution in [0.1, 0.15) is 60.5 Å². The minimum atomic E-state index is -5.76. The second-order valence-electron chi connectivity index (χ2n) is 9.08. The molecule has 212 valence electrons. The molecule has 1 heterocycles. The van der Waals surface area contributed by atoms with Crippen molar-refractivity contribution < 1.29 is 41.0 Å². The summed E-state index contributed by atoms with van der Waals surface area (Å²) in [6.45, 7) is 6.51. The Hall–Kier alpha value is -2.09. The standard InChI is InChI=1S/C23H25Cl2F6N3O3S/c1-6-34(7-2)19(36)15-16(38-18(33-15)17(35)32-10-20(3,4)37)11-8-9-12(14(25)13(11)24)21(5,22(26,27)28)23(29,30)31/h8-9,37H,6-7,10H2,1-5H3,(H,32,35). The molecule has 0 saturated heterocycles. The zero-order chi connectivity index (χ0) is 29.4. The third kappa shape index (κ3) is 6.21. The van der Waals surface area contributed by atoms with Crippen molar-refractivity contribution in [3.05, 3.63) is 38.4 Å². The van der Waals surface area contributed by atoms with Gasteiger partial charge in [-0.3, -0.25) is 9.59 Å². The fourth-order valence-electron chi connectivity index (χ4n) is 3.35. The van der Waals surface area contributed by atoms with Crippen LogP contribution in [0.4, 0.5) is 26.3 Å². The molecule has 0 bridgehead atoms. The number of carbonyl (C=O) groups is 2. The molecule has 6 nitrogen and oxygen atoms in total. The Labute approximate surface area is 228 Å². The van der Waals surface area contributed by atoms with E-state index in [1.54, 1.807) is 13.8 Å². The van der Waals surface area contributed by atoms with Gasteiger partial charge in [-0.05, 0) is 40.2 Å². The third-order valence-electron chi connectivity index (χ3n) is 5.76. The molecule has 2 rings (SSSR count). The average Bonchev–Trinajstić information content (AvgIpc) is 3.22. The first-order chi connectivity index (χ1) is 17.2. The van der Waals surface area contributed by atoms with E-state index in [2.05, 4.69) is 10.3 Å². The number of thiazole rings is 1. The van der Waals surface area contributed by atoms with Gasteiger partial charge in [0.25, 0.3) is 11.8 Å². The molecular formula is C23H25Cl2F6N3O3S. The van der Waals surface area contributed by atoms with Crippen molar-refractivity contribution >= 4 is 46.4 Å². The number of aliphatic hydroxyl groups is 1. The van der Waals surface area contributed by atoms with E-state index in [0.717, 1.165) is 6.07 Å². The molecule has 1 aromatic carbocycles. The number of hydrogen-bond acceptors (Lipinski definition) is 5. The molecule has 0 spiro atoms. The maximum Gasteiger partial charge on any atom is 0.406 e. The quantitative estimate of drug-likeness (QED) is 0.336. The molecule has 15 heteroatoms. The molecule has 2 N–H and O–H groups in total. The summed E-state index contributed by atoms with van der Waals surface area (Å²) in [5, 5.41) is 10.4. The topological polar surface area (TPSA) is 82.5 Å². The second kappa shape index (κ2) is 11.2. The number of carbonyl (C=O) groups excluding carboxylic acids is 2. The van der Waals surface area contributed by atoms with Crippen molar-refractivity contribution in [2.45, 2.75) is 58.0 Å². The van der Waals surface area contributed by atoms with Gasteiger partial charge in [0.2, 0.25) is 0 Å². The van der Waals surface area contributed by atoms with E-state index in [4.69, 9.17) is 23.2 Å². The molecular weight excluding hydrogens is 583 g/mol. The molecule has 0 atom stereocenters. The Bertz CT molecular complexity index is 1190. The van der Waals surface area contributed by atoms with Crippen LogP contribution in [0.2, 0.25) is 10.0 Å². The number of amides is 2. The number of nitrogens with zero attached hydrogens (tertiary/aromatic N) is 2. The summed E-state index contributed by atoms with van der Waals surface area (Å²) in [5.74, 6) is -1.41. The summed E-state index contributed by atoms with van der Waals surface area (Å²) < 4.78 is 82.0. The van der Waals surface area contributed by atoms with E-state index in [9.17, 15) is 41.0 Å². The van der Waals surface area contributed by atoms with E-state index in [1.165, 1.54) is 18.7 Å². The number of aromatic nitrogens is 1. The number of nitrogens with one attached hydrogen (secondary N) is 1. The lowest BCUT2D eigenvalue weighted by atomic mass is 9.80. The highest BCUT2D eigenvalue weighted by molar-refractivity contribution is 7.17. The summed E-state index contributed by atoms with van der Waals surface area (Å²) in [4.78, 5) is 31.2. The van der Waals surface area contributed by atoms with Crippen LogP contribution < -0.4 is 5.32 Å². The van der Waals surface area contributed by atoms with Gasteiger partial charge in [0.1, 0.15) is 5.69 Å². The van der Waals surface area contributed by atoms with Crippen LogP contribution in [0.15, 0.2) is 12.1 Å². The van der Waals surface area contributed by atoms with Crippen molar-refractivity contribution in [2.75, 3.05) is 19.6 Å². The maximum absolute atomic E-state index is 13.7. The zero-order valence-electron chi connectivity index (χ0n) is 20.9. The molecule has 0 saturated carbocycles. The molecule has 0 aliphatic heterocycles. The lowest BCUT2D eigenvalue weighted by Crippen LogP contribution is -2.51. The normalized spacial score (nSPS) is 13.0. The van der Waals surface area contributed by atoms with Crippen molar-refractivity contribution in [1.82, 2.24) is 15.2 Å². The highest BCUT2D eigenvalue weighted by Crippen LogP contribution is 2.55. The van der Waals surface area contributed by atoms with E-state index in [0.29, 0.717) is 17.4 Å². The molecule has 0 fully saturated rings. The molecule has 2 amide bonds. The highest BCUT2D eigenvalue weighted by atomic mass is 35.5. The molecule has 0 aliphatic rings. The van der Waals surface area contributed by atoms with Gasteiger partial charge in [-0.25, -0.2) is 4.98 Å². The van der Waals surface area contributed by atoms with Gasteiger partial charge in [0.05, 0.1) is 20.5 Å². The van der Waals surface area contributed by atoms with Crippen molar-refractivity contribution in [2.24, 2.45) is 0 Å². The van der Waals surface area contributed by atoms with Gasteiger partial charge in [-0.2, -0.15) is 26.3 Å². The van der Waals surface area contributed by atoms with Crippen LogP contribution in [-0.2, 0) is 5.41 Å². The first-order valence-corrected chi connectivity index (χ1v) is 12.7. The Morgan fingerprint density at radius 3 is 1.97 bits per heavy atom. The van der Waals surface area contributed by atoms with Crippen molar-refractivity contribution in [3.63, 3.8) is 0 Å². The Morgan fingerprint density at radius 1 is 1.00 bits per heavy atom. The Balaban J connectivity index is 2.76. The second-order valence-corrected chi connectivity index (χ2v) is 10.8. The van der Waals surface area contributed by atoms with Crippen LogP contribution in [0.3, 0.4) is 0 Å². The van der Waals surface area contributed by atoms with Crippen LogP contribution in [0, 0.1) is 0 Å². The fraction of sp³-hybridized carbons (Fsp3) is 0.522. The molecule has 0 aliphatic carbocycles. The first kappa shape index (κ1) is 32.1. The fourth-order valence-corrected chi connectivity index (χ4v) is 5.03. The van der Waals surface area contributed by atoms with Crippen LogP contribution in [0.5, 0.6) is 0 Å². The number of alkyl halides is 6. The number of rotatable bonds is 8. The van der Waals surface area contributed by atoms with Gasteiger partial charge < -0.3 is 15.3 Å².